The first-order chi connectivity index (χ1) is 11.8. The number of para-hydroxylation sites is 2. The van der Waals surface area contributed by atoms with Crippen molar-refractivity contribution in [3.05, 3.63) is 52.8 Å². The predicted molar refractivity (Wildman–Crippen MR) is 92.1 cm³/mol. The van der Waals surface area contributed by atoms with Crippen LogP contribution in [0.2, 0.25) is 0 Å². The summed E-state index contributed by atoms with van der Waals surface area (Å²) >= 11 is 0. The van der Waals surface area contributed by atoms with Crippen LogP contribution in [0.5, 0.6) is 0 Å². The molecule has 0 spiro atoms. The predicted octanol–water partition coefficient (Wildman–Crippen LogP) is 2.59. The molecule has 1 fully saturated rings. The number of aromatic nitrogens is 3. The molecule has 1 atom stereocenters. The molecular weight excluding hydrogens is 304 g/mol. The monoisotopic (exact) mass is 326 g/mol. The van der Waals surface area contributed by atoms with E-state index in [0.717, 1.165) is 31.6 Å². The maximum absolute atomic E-state index is 12.0. The largest absolute Gasteiger partial charge is 0.419 e. The highest BCUT2D eigenvalue weighted by Crippen LogP contribution is 2.25. The Balaban J connectivity index is 1.37. The molecule has 4 rings (SSSR count). The third-order valence-corrected chi connectivity index (χ3v) is 4.90. The van der Waals surface area contributed by atoms with E-state index in [4.69, 9.17) is 4.42 Å². The number of benzene rings is 1. The first kappa shape index (κ1) is 15.2. The van der Waals surface area contributed by atoms with Gasteiger partial charge in [-0.05, 0) is 50.6 Å². The Morgan fingerprint density at radius 3 is 3.04 bits per heavy atom. The summed E-state index contributed by atoms with van der Waals surface area (Å²) in [5.74, 6) is 0.281. The number of nitrogens with zero attached hydrogens (tertiary/aromatic N) is 3. The van der Waals surface area contributed by atoms with E-state index in [0.29, 0.717) is 18.0 Å². The van der Waals surface area contributed by atoms with Gasteiger partial charge in [0.1, 0.15) is 0 Å². The van der Waals surface area contributed by atoms with E-state index in [9.17, 15) is 4.79 Å². The van der Waals surface area contributed by atoms with Crippen LogP contribution in [0.25, 0.3) is 11.1 Å². The van der Waals surface area contributed by atoms with Crippen molar-refractivity contribution in [3.8, 4) is 0 Å². The fourth-order valence-electron chi connectivity index (χ4n) is 3.68. The van der Waals surface area contributed by atoms with Crippen LogP contribution in [-0.4, -0.2) is 39.3 Å². The van der Waals surface area contributed by atoms with Crippen LogP contribution < -0.4 is 5.76 Å². The van der Waals surface area contributed by atoms with Crippen molar-refractivity contribution in [3.63, 3.8) is 0 Å². The van der Waals surface area contributed by atoms with Gasteiger partial charge in [0.15, 0.2) is 5.58 Å². The number of nitrogens with one attached hydrogen (secondary N) is 1. The number of fused-ring (bicyclic) bond motifs is 1. The molecule has 0 bridgehead atoms. The summed E-state index contributed by atoms with van der Waals surface area (Å²) < 4.78 is 7.03. The third kappa shape index (κ3) is 3.01. The number of oxazole rings is 1. The van der Waals surface area contributed by atoms with E-state index in [1.54, 1.807) is 4.57 Å². The van der Waals surface area contributed by atoms with Crippen LogP contribution in [0.4, 0.5) is 0 Å². The topological polar surface area (TPSA) is 67.1 Å². The number of aryl methyl sites for hydroxylation is 1. The molecule has 126 valence electrons. The molecule has 24 heavy (non-hydrogen) atoms. The lowest BCUT2D eigenvalue weighted by atomic mass is 9.95. The van der Waals surface area contributed by atoms with Gasteiger partial charge in [0, 0.05) is 30.9 Å². The summed E-state index contributed by atoms with van der Waals surface area (Å²) in [6.07, 6.45) is 5.19. The molecule has 1 N–H and O–H groups in total. The second-order valence-electron chi connectivity index (χ2n) is 6.49. The number of piperidine rings is 1. The van der Waals surface area contributed by atoms with E-state index in [2.05, 4.69) is 21.2 Å². The number of likely N-dealkylation sites (tertiary alicyclic amines) is 1. The molecule has 6 nitrogen and oxygen atoms in total. The SMILES string of the molecule is O=c1oc2ccccc2n1CCCN1CCC[C@@H](c2ccn[nH]2)C1. The minimum atomic E-state index is -0.259. The maximum Gasteiger partial charge on any atom is 0.419 e. The van der Waals surface area contributed by atoms with Crippen LogP contribution in [0.15, 0.2) is 45.7 Å². The molecule has 0 unspecified atom stereocenters. The highest BCUT2D eigenvalue weighted by molar-refractivity contribution is 5.72. The summed E-state index contributed by atoms with van der Waals surface area (Å²) in [4.78, 5) is 14.5. The zero-order chi connectivity index (χ0) is 16.4. The molecule has 2 aromatic heterocycles. The summed E-state index contributed by atoms with van der Waals surface area (Å²) in [5.41, 5.74) is 2.79. The van der Waals surface area contributed by atoms with Gasteiger partial charge in [-0.1, -0.05) is 12.1 Å². The quantitative estimate of drug-likeness (QED) is 0.782. The Kier molecular flexibility index (Phi) is 4.21. The van der Waals surface area contributed by atoms with E-state index in [-0.39, 0.29) is 5.76 Å². The van der Waals surface area contributed by atoms with Crippen LogP contribution >= 0.6 is 0 Å². The average Bonchev–Trinajstić information content (AvgIpc) is 3.24. The van der Waals surface area contributed by atoms with Crippen molar-refractivity contribution in [1.29, 1.82) is 0 Å². The molecular formula is C18H22N4O2. The summed E-state index contributed by atoms with van der Waals surface area (Å²) in [5, 5.41) is 7.16. The van der Waals surface area contributed by atoms with E-state index in [1.807, 2.05) is 30.5 Å². The number of aromatic amines is 1. The fraction of sp³-hybridized carbons (Fsp3) is 0.444. The van der Waals surface area contributed by atoms with Crippen LogP contribution in [0.1, 0.15) is 30.9 Å². The molecule has 3 aromatic rings. The van der Waals surface area contributed by atoms with Crippen molar-refractivity contribution in [1.82, 2.24) is 19.7 Å². The minimum absolute atomic E-state index is 0.259. The molecule has 1 saturated heterocycles. The van der Waals surface area contributed by atoms with E-state index < -0.39 is 0 Å². The Labute approximate surface area is 140 Å². The second-order valence-corrected chi connectivity index (χ2v) is 6.49. The van der Waals surface area contributed by atoms with Gasteiger partial charge in [-0.15, -0.1) is 0 Å². The van der Waals surface area contributed by atoms with Gasteiger partial charge in [0.05, 0.1) is 5.52 Å². The Hall–Kier alpha value is -2.34. The van der Waals surface area contributed by atoms with Crippen molar-refractivity contribution in [2.24, 2.45) is 0 Å². The van der Waals surface area contributed by atoms with E-state index >= 15 is 0 Å². The van der Waals surface area contributed by atoms with Crippen molar-refractivity contribution >= 4 is 11.1 Å². The first-order valence-corrected chi connectivity index (χ1v) is 8.61. The number of H-pyrrole nitrogens is 1. The molecule has 1 aliphatic heterocycles. The number of hydrogen-bond donors (Lipinski definition) is 1. The van der Waals surface area contributed by atoms with Gasteiger partial charge in [-0.25, -0.2) is 4.79 Å². The molecule has 0 radical (unpaired) electrons. The maximum atomic E-state index is 12.0. The summed E-state index contributed by atoms with van der Waals surface area (Å²) in [6, 6.07) is 9.68. The van der Waals surface area contributed by atoms with Gasteiger partial charge in [-0.2, -0.15) is 5.10 Å². The van der Waals surface area contributed by atoms with Gasteiger partial charge in [0.2, 0.25) is 0 Å². The third-order valence-electron chi connectivity index (χ3n) is 4.90. The summed E-state index contributed by atoms with van der Waals surface area (Å²) in [7, 11) is 0. The average molecular weight is 326 g/mol. The van der Waals surface area contributed by atoms with E-state index in [1.165, 1.54) is 18.5 Å². The molecule has 0 saturated carbocycles. The summed E-state index contributed by atoms with van der Waals surface area (Å²) in [6.45, 7) is 3.88. The normalized spacial score (nSPS) is 19.1. The Morgan fingerprint density at radius 1 is 1.25 bits per heavy atom. The highest BCUT2D eigenvalue weighted by Gasteiger charge is 2.22. The number of rotatable bonds is 5. The zero-order valence-corrected chi connectivity index (χ0v) is 13.6. The van der Waals surface area contributed by atoms with Crippen molar-refractivity contribution in [2.45, 2.75) is 31.7 Å². The lowest BCUT2D eigenvalue weighted by Gasteiger charge is -2.32. The molecule has 0 amide bonds. The fourth-order valence-corrected chi connectivity index (χ4v) is 3.68. The second kappa shape index (κ2) is 6.65. The number of hydrogen-bond acceptors (Lipinski definition) is 4. The molecule has 1 aromatic carbocycles. The van der Waals surface area contributed by atoms with Gasteiger partial charge < -0.3 is 9.32 Å². The first-order valence-electron chi connectivity index (χ1n) is 8.61. The minimum Gasteiger partial charge on any atom is -0.408 e. The van der Waals surface area contributed by atoms with Crippen molar-refractivity contribution in [2.75, 3.05) is 19.6 Å². The molecule has 6 heteroatoms. The molecule has 1 aliphatic rings. The smallest absolute Gasteiger partial charge is 0.408 e. The van der Waals surface area contributed by atoms with Gasteiger partial charge in [-0.3, -0.25) is 9.67 Å². The molecule has 0 aliphatic carbocycles. The van der Waals surface area contributed by atoms with Crippen LogP contribution in [-0.2, 0) is 6.54 Å². The Morgan fingerprint density at radius 2 is 2.17 bits per heavy atom. The lowest BCUT2D eigenvalue weighted by Crippen LogP contribution is -2.35. The highest BCUT2D eigenvalue weighted by atomic mass is 16.4. The Bertz CT molecular complexity index is 849. The molecule has 3 heterocycles. The van der Waals surface area contributed by atoms with Crippen LogP contribution in [0, 0.1) is 0 Å². The van der Waals surface area contributed by atoms with Crippen LogP contribution in [0.3, 0.4) is 0 Å². The zero-order valence-electron chi connectivity index (χ0n) is 13.6. The lowest BCUT2D eigenvalue weighted by molar-refractivity contribution is 0.201. The van der Waals surface area contributed by atoms with Gasteiger partial charge in [0.25, 0.3) is 0 Å². The standard InChI is InChI=1S/C18H22N4O2/c23-18-22(16-6-1-2-7-17(16)24-18)12-4-11-21-10-3-5-14(13-21)15-8-9-19-20-15/h1-2,6-9,14H,3-5,10-13H2,(H,19,20)/t14-/m1/s1. The van der Waals surface area contributed by atoms with Crippen molar-refractivity contribution < 1.29 is 4.42 Å². The van der Waals surface area contributed by atoms with Gasteiger partial charge >= 0.3 is 5.76 Å².